The van der Waals surface area contributed by atoms with E-state index in [0.29, 0.717) is 29.9 Å². The van der Waals surface area contributed by atoms with E-state index in [2.05, 4.69) is 13.8 Å². The summed E-state index contributed by atoms with van der Waals surface area (Å²) in [5.74, 6) is -2.17. The quantitative estimate of drug-likeness (QED) is 0.346. The van der Waals surface area contributed by atoms with Crippen LogP contribution in [0.1, 0.15) is 72.6 Å². The standard InChI is InChI=1S/C28H41NO6/c1-15-9-21-26(33,23(15)31)13-18(14-30)10-19-22-25(3,4)27(22,12-16(2)28(19,21)34)35-24(32)20(29)11-17-7-5-6-8-17/h9-10,16-17,19-22,30,33-34H,5-8,11-14,29H2,1-4H3/t16-,19+,20+,21?,22-,26-,27+,28-/m1/s1. The smallest absolute Gasteiger partial charge is 0.323 e. The maximum absolute atomic E-state index is 13.2. The minimum absolute atomic E-state index is 0.0153. The van der Waals surface area contributed by atoms with E-state index in [9.17, 15) is 24.9 Å². The highest BCUT2D eigenvalue weighted by Gasteiger charge is 2.83. The van der Waals surface area contributed by atoms with Crippen LogP contribution < -0.4 is 5.73 Å². The Morgan fingerprint density at radius 1 is 1.23 bits per heavy atom. The van der Waals surface area contributed by atoms with Crippen molar-refractivity contribution in [1.29, 1.82) is 0 Å². The van der Waals surface area contributed by atoms with E-state index < -0.39 is 40.1 Å². The van der Waals surface area contributed by atoms with Crippen LogP contribution in [0.4, 0.5) is 0 Å². The Morgan fingerprint density at radius 2 is 1.89 bits per heavy atom. The summed E-state index contributed by atoms with van der Waals surface area (Å²) in [6.45, 7) is 7.37. The lowest BCUT2D eigenvalue weighted by molar-refractivity contribution is -0.187. The normalized spacial score (nSPS) is 45.0. The summed E-state index contributed by atoms with van der Waals surface area (Å²) in [6.07, 6.45) is 9.20. The first-order valence-corrected chi connectivity index (χ1v) is 13.3. The first-order valence-electron chi connectivity index (χ1n) is 13.3. The first kappa shape index (κ1) is 25.1. The lowest BCUT2D eigenvalue weighted by Gasteiger charge is -2.50. The van der Waals surface area contributed by atoms with Gasteiger partial charge in [-0.15, -0.1) is 0 Å². The zero-order valence-corrected chi connectivity index (χ0v) is 21.4. The Balaban J connectivity index is 1.49. The Morgan fingerprint density at radius 3 is 2.51 bits per heavy atom. The number of nitrogens with two attached hydrogens (primary N) is 1. The molecule has 3 saturated carbocycles. The fraction of sp³-hybridized carbons (Fsp3) is 0.786. The highest BCUT2D eigenvalue weighted by atomic mass is 16.6. The summed E-state index contributed by atoms with van der Waals surface area (Å²) < 4.78 is 6.28. The van der Waals surface area contributed by atoms with Gasteiger partial charge < -0.3 is 25.8 Å². The van der Waals surface area contributed by atoms with Crippen LogP contribution in [0.5, 0.6) is 0 Å². The molecule has 3 fully saturated rings. The van der Waals surface area contributed by atoms with Crippen molar-refractivity contribution in [1.82, 2.24) is 0 Å². The number of esters is 1. The fourth-order valence-corrected chi connectivity index (χ4v) is 8.55. The van der Waals surface area contributed by atoms with Crippen molar-refractivity contribution in [3.63, 3.8) is 0 Å². The molecule has 0 amide bonds. The molecule has 0 saturated heterocycles. The van der Waals surface area contributed by atoms with Gasteiger partial charge in [0.15, 0.2) is 5.78 Å². The number of hydrogen-bond acceptors (Lipinski definition) is 7. The predicted octanol–water partition coefficient (Wildman–Crippen LogP) is 2.42. The monoisotopic (exact) mass is 487 g/mol. The number of carbonyl (C=O) groups excluding carboxylic acids is 2. The van der Waals surface area contributed by atoms with Crippen LogP contribution in [-0.4, -0.2) is 56.5 Å². The molecular formula is C28H41NO6. The van der Waals surface area contributed by atoms with Crippen molar-refractivity contribution in [3.05, 3.63) is 23.3 Å². The third-order valence-corrected chi connectivity index (χ3v) is 10.5. The average molecular weight is 488 g/mol. The Bertz CT molecular complexity index is 995. The maximum Gasteiger partial charge on any atom is 0.323 e. The van der Waals surface area contributed by atoms with Crippen LogP contribution in [-0.2, 0) is 14.3 Å². The lowest BCUT2D eigenvalue weighted by atomic mass is 9.60. The van der Waals surface area contributed by atoms with E-state index in [1.54, 1.807) is 13.0 Å². The van der Waals surface area contributed by atoms with Gasteiger partial charge in [0.1, 0.15) is 17.2 Å². The van der Waals surface area contributed by atoms with Crippen LogP contribution in [0.25, 0.3) is 0 Å². The molecule has 0 aromatic heterocycles. The van der Waals surface area contributed by atoms with Gasteiger partial charge in [-0.1, -0.05) is 58.6 Å². The second-order valence-corrected chi connectivity index (χ2v) is 12.8. The first-order chi connectivity index (χ1) is 16.3. The molecule has 5 aliphatic rings. The molecule has 0 spiro atoms. The number of Topliss-reactive ketones (excluding diaryl/α,β-unsaturated/α-hetero) is 1. The van der Waals surface area contributed by atoms with Crippen LogP contribution in [0.3, 0.4) is 0 Å². The largest absolute Gasteiger partial charge is 0.457 e. The number of ketones is 1. The molecule has 7 nitrogen and oxygen atoms in total. The van der Waals surface area contributed by atoms with Gasteiger partial charge in [0.05, 0.1) is 12.2 Å². The Hall–Kier alpha value is -1.54. The number of rotatable bonds is 5. The van der Waals surface area contributed by atoms with Gasteiger partial charge in [0, 0.05) is 29.6 Å². The summed E-state index contributed by atoms with van der Waals surface area (Å²) in [4.78, 5) is 26.2. The van der Waals surface area contributed by atoms with Crippen molar-refractivity contribution in [2.45, 2.75) is 95.5 Å². The summed E-state index contributed by atoms with van der Waals surface area (Å²) >= 11 is 0. The lowest BCUT2D eigenvalue weighted by Crippen LogP contribution is -2.61. The van der Waals surface area contributed by atoms with Crippen LogP contribution in [0.15, 0.2) is 23.3 Å². The van der Waals surface area contributed by atoms with Gasteiger partial charge in [0.25, 0.3) is 0 Å². The molecule has 0 radical (unpaired) electrons. The Kier molecular flexibility index (Phi) is 5.73. The number of aliphatic hydroxyl groups is 3. The van der Waals surface area contributed by atoms with Gasteiger partial charge in [-0.05, 0) is 42.7 Å². The fourth-order valence-electron chi connectivity index (χ4n) is 8.55. The number of fused-ring (bicyclic) bond motifs is 5. The maximum atomic E-state index is 13.2. The van der Waals surface area contributed by atoms with E-state index in [1.807, 2.05) is 13.0 Å². The van der Waals surface area contributed by atoms with E-state index in [-0.39, 0.29) is 36.6 Å². The van der Waals surface area contributed by atoms with Crippen molar-refractivity contribution in [3.8, 4) is 0 Å². The third kappa shape index (κ3) is 3.30. The summed E-state index contributed by atoms with van der Waals surface area (Å²) in [7, 11) is 0. The van der Waals surface area contributed by atoms with Crippen molar-refractivity contribution < 1.29 is 29.6 Å². The van der Waals surface area contributed by atoms with E-state index >= 15 is 0 Å². The van der Waals surface area contributed by atoms with Crippen LogP contribution in [0.2, 0.25) is 0 Å². The molecule has 0 aromatic rings. The molecular weight excluding hydrogens is 446 g/mol. The molecule has 7 heteroatoms. The van der Waals surface area contributed by atoms with Crippen LogP contribution >= 0.6 is 0 Å². The van der Waals surface area contributed by atoms with Gasteiger partial charge in [-0.25, -0.2) is 0 Å². The molecule has 0 aromatic carbocycles. The highest BCUT2D eigenvalue weighted by Crippen LogP contribution is 2.76. The molecule has 35 heavy (non-hydrogen) atoms. The van der Waals surface area contributed by atoms with Crippen LogP contribution in [0, 0.1) is 35.0 Å². The van der Waals surface area contributed by atoms with Crippen molar-refractivity contribution >= 4 is 11.8 Å². The second kappa shape index (κ2) is 7.98. The number of carbonyl (C=O) groups is 2. The van der Waals surface area contributed by atoms with E-state index in [1.165, 1.54) is 12.8 Å². The second-order valence-electron chi connectivity index (χ2n) is 12.8. The number of aliphatic hydroxyl groups excluding tert-OH is 1. The molecule has 0 bridgehead atoms. The number of hydrogen-bond donors (Lipinski definition) is 4. The molecule has 5 aliphatic carbocycles. The molecule has 0 heterocycles. The van der Waals surface area contributed by atoms with Gasteiger partial charge in [0.2, 0.25) is 0 Å². The van der Waals surface area contributed by atoms with E-state index in [4.69, 9.17) is 10.5 Å². The highest BCUT2D eigenvalue weighted by molar-refractivity contribution is 6.04. The predicted molar refractivity (Wildman–Crippen MR) is 130 cm³/mol. The average Bonchev–Trinajstić information content (AvgIpc) is 3.11. The zero-order valence-electron chi connectivity index (χ0n) is 21.4. The minimum Gasteiger partial charge on any atom is -0.457 e. The zero-order chi connectivity index (χ0) is 25.6. The van der Waals surface area contributed by atoms with E-state index in [0.717, 1.165) is 12.8 Å². The summed E-state index contributed by atoms with van der Waals surface area (Å²) in [5.41, 5.74) is 2.87. The van der Waals surface area contributed by atoms with Gasteiger partial charge in [-0.2, -0.15) is 0 Å². The topological polar surface area (TPSA) is 130 Å². The molecule has 1 unspecified atom stereocenters. The minimum atomic E-state index is -1.78. The Labute approximate surface area is 207 Å². The van der Waals surface area contributed by atoms with Crippen molar-refractivity contribution in [2.75, 3.05) is 6.61 Å². The summed E-state index contributed by atoms with van der Waals surface area (Å²) in [5, 5.41) is 34.0. The molecule has 8 atom stereocenters. The molecule has 5 N–H and O–H groups in total. The molecule has 5 rings (SSSR count). The summed E-state index contributed by atoms with van der Waals surface area (Å²) in [6, 6.07) is -0.665. The van der Waals surface area contributed by atoms with Crippen molar-refractivity contribution in [2.24, 2.45) is 40.7 Å². The molecule has 0 aliphatic heterocycles. The molecule has 194 valence electrons. The van der Waals surface area contributed by atoms with Gasteiger partial charge in [-0.3, -0.25) is 9.59 Å². The van der Waals surface area contributed by atoms with Gasteiger partial charge >= 0.3 is 5.97 Å². The number of ether oxygens (including phenoxy) is 1. The third-order valence-electron chi connectivity index (χ3n) is 10.5. The SMILES string of the molecule is CC1=CC2[C@@]3(O)[C@H](C)C[C@]4(OC(=O)[C@@H](N)CC5CCCC5)[C@H]([C@@H]3C=C(CO)C[C@]2(O)C1=O)C4(C)C.